The van der Waals surface area contributed by atoms with Crippen molar-refractivity contribution in [3.05, 3.63) is 89.0 Å². The minimum Gasteiger partial charge on any atom is -0.484 e. The second-order valence-electron chi connectivity index (χ2n) is 7.82. The van der Waals surface area contributed by atoms with E-state index in [-0.39, 0.29) is 23.5 Å². The van der Waals surface area contributed by atoms with Gasteiger partial charge in [0, 0.05) is 5.69 Å². The van der Waals surface area contributed by atoms with Crippen molar-refractivity contribution in [1.29, 1.82) is 0 Å². The maximum absolute atomic E-state index is 12.8. The van der Waals surface area contributed by atoms with E-state index in [0.29, 0.717) is 17.0 Å². The Morgan fingerprint density at radius 3 is 2.28 bits per heavy atom. The second-order valence-corrected chi connectivity index (χ2v) is 9.50. The molecule has 2 N–H and O–H groups in total. The molecule has 0 saturated carbocycles. The molecular weight excluding hydrogens is 424 g/mol. The van der Waals surface area contributed by atoms with Crippen LogP contribution < -0.4 is 14.8 Å². The van der Waals surface area contributed by atoms with E-state index >= 15 is 0 Å². The molecule has 0 radical (unpaired) electrons. The highest BCUT2D eigenvalue weighted by atomic mass is 32.2. The number of aryl methyl sites for hydroxylation is 3. The maximum atomic E-state index is 12.8. The number of carbonyl (C=O) groups excluding carboxylic acids is 1. The molecule has 3 rings (SSSR count). The number of anilines is 1. The Bertz CT molecular complexity index is 1210. The monoisotopic (exact) mass is 452 g/mol. The summed E-state index contributed by atoms with van der Waals surface area (Å²) in [7, 11) is -3.74. The minimum atomic E-state index is -3.74. The van der Waals surface area contributed by atoms with Gasteiger partial charge in [0.15, 0.2) is 6.61 Å². The summed E-state index contributed by atoms with van der Waals surface area (Å²) in [6.07, 6.45) is 0. The lowest BCUT2D eigenvalue weighted by Crippen LogP contribution is -2.31. The number of hydrogen-bond acceptors (Lipinski definition) is 4. The van der Waals surface area contributed by atoms with E-state index in [1.807, 2.05) is 57.2 Å². The van der Waals surface area contributed by atoms with Crippen molar-refractivity contribution in [3.63, 3.8) is 0 Å². The fraction of sp³-hybridized carbons (Fsp3) is 0.240. The van der Waals surface area contributed by atoms with E-state index < -0.39 is 10.0 Å². The Balaban J connectivity index is 1.63. The first-order chi connectivity index (χ1) is 15.2. The molecule has 0 spiro atoms. The molecule has 3 aromatic carbocycles. The fourth-order valence-electron chi connectivity index (χ4n) is 3.22. The lowest BCUT2D eigenvalue weighted by Gasteiger charge is -2.16. The zero-order chi connectivity index (χ0) is 23.3. The average molecular weight is 453 g/mol. The van der Waals surface area contributed by atoms with E-state index in [1.165, 1.54) is 12.1 Å². The van der Waals surface area contributed by atoms with Crippen LogP contribution in [0.25, 0.3) is 0 Å². The first-order valence-electron chi connectivity index (χ1n) is 10.3. The molecule has 0 aromatic heterocycles. The first kappa shape index (κ1) is 23.3. The van der Waals surface area contributed by atoms with Gasteiger partial charge in [-0.1, -0.05) is 36.4 Å². The number of nitrogens with one attached hydrogen (secondary N) is 2. The van der Waals surface area contributed by atoms with E-state index in [4.69, 9.17) is 4.74 Å². The van der Waals surface area contributed by atoms with Gasteiger partial charge in [-0.25, -0.2) is 8.42 Å². The largest absolute Gasteiger partial charge is 0.484 e. The van der Waals surface area contributed by atoms with E-state index in [1.54, 1.807) is 25.1 Å². The Morgan fingerprint density at radius 2 is 1.62 bits per heavy atom. The van der Waals surface area contributed by atoms with Crippen molar-refractivity contribution in [2.75, 3.05) is 11.3 Å². The second kappa shape index (κ2) is 9.87. The van der Waals surface area contributed by atoms with Crippen LogP contribution in [0.15, 0.2) is 71.6 Å². The van der Waals surface area contributed by atoms with Gasteiger partial charge in [-0.15, -0.1) is 0 Å². The molecule has 0 fully saturated rings. The predicted octanol–water partition coefficient (Wildman–Crippen LogP) is 4.67. The number of carbonyl (C=O) groups is 1. The number of benzene rings is 3. The smallest absolute Gasteiger partial charge is 0.261 e. The van der Waals surface area contributed by atoms with Crippen LogP contribution in [0.2, 0.25) is 0 Å². The number of amides is 1. The summed E-state index contributed by atoms with van der Waals surface area (Å²) in [5.74, 6) is 0.200. The third kappa shape index (κ3) is 5.88. The molecular formula is C25H28N2O4S. The summed E-state index contributed by atoms with van der Waals surface area (Å²) >= 11 is 0. The number of hydrogen-bond donors (Lipinski definition) is 2. The van der Waals surface area contributed by atoms with Crippen molar-refractivity contribution in [2.45, 2.75) is 38.6 Å². The zero-order valence-corrected chi connectivity index (χ0v) is 19.5. The molecule has 1 atom stereocenters. The molecule has 0 bridgehead atoms. The Kier molecular flexibility index (Phi) is 7.20. The molecule has 168 valence electrons. The number of rotatable bonds is 8. The van der Waals surface area contributed by atoms with Gasteiger partial charge in [-0.05, 0) is 80.3 Å². The molecule has 0 aliphatic heterocycles. The highest BCUT2D eigenvalue weighted by Crippen LogP contribution is 2.24. The van der Waals surface area contributed by atoms with Crippen LogP contribution in [-0.4, -0.2) is 20.9 Å². The number of sulfonamides is 1. The molecule has 1 amide bonds. The van der Waals surface area contributed by atoms with Crippen LogP contribution in [0.3, 0.4) is 0 Å². The van der Waals surface area contributed by atoms with Crippen LogP contribution in [0.5, 0.6) is 5.75 Å². The Labute approximate surface area is 189 Å². The Morgan fingerprint density at radius 1 is 0.906 bits per heavy atom. The molecule has 6 nitrogen and oxygen atoms in total. The molecule has 32 heavy (non-hydrogen) atoms. The normalized spacial score (nSPS) is 12.1. The van der Waals surface area contributed by atoms with Crippen LogP contribution in [0.4, 0.5) is 5.69 Å². The van der Waals surface area contributed by atoms with Crippen molar-refractivity contribution < 1.29 is 17.9 Å². The summed E-state index contributed by atoms with van der Waals surface area (Å²) in [5, 5.41) is 2.89. The lowest BCUT2D eigenvalue weighted by atomic mass is 10.1. The summed E-state index contributed by atoms with van der Waals surface area (Å²) in [6.45, 7) is 7.39. The van der Waals surface area contributed by atoms with Crippen molar-refractivity contribution in [2.24, 2.45) is 0 Å². The molecule has 0 unspecified atom stereocenters. The highest BCUT2D eigenvalue weighted by molar-refractivity contribution is 7.92. The van der Waals surface area contributed by atoms with Gasteiger partial charge in [-0.3, -0.25) is 9.52 Å². The van der Waals surface area contributed by atoms with Gasteiger partial charge in [0.05, 0.1) is 10.9 Å². The summed E-state index contributed by atoms with van der Waals surface area (Å²) < 4.78 is 33.8. The van der Waals surface area contributed by atoms with Crippen molar-refractivity contribution >= 4 is 21.6 Å². The number of ether oxygens (including phenoxy) is 1. The summed E-state index contributed by atoms with van der Waals surface area (Å²) in [5.41, 5.74) is 4.23. The van der Waals surface area contributed by atoms with Gasteiger partial charge >= 0.3 is 0 Å². The molecule has 3 aromatic rings. The minimum absolute atomic E-state index is 0.128. The molecule has 0 aliphatic carbocycles. The van der Waals surface area contributed by atoms with E-state index in [9.17, 15) is 13.2 Å². The van der Waals surface area contributed by atoms with Crippen LogP contribution in [0.1, 0.15) is 35.2 Å². The third-order valence-electron chi connectivity index (χ3n) is 5.25. The zero-order valence-electron chi connectivity index (χ0n) is 18.7. The van der Waals surface area contributed by atoms with Crippen molar-refractivity contribution in [1.82, 2.24) is 5.32 Å². The van der Waals surface area contributed by atoms with E-state index in [2.05, 4.69) is 10.0 Å². The van der Waals surface area contributed by atoms with Gasteiger partial charge in [-0.2, -0.15) is 0 Å². The lowest BCUT2D eigenvalue weighted by molar-refractivity contribution is -0.123. The maximum Gasteiger partial charge on any atom is 0.261 e. The van der Waals surface area contributed by atoms with Crippen LogP contribution >= 0.6 is 0 Å². The highest BCUT2D eigenvalue weighted by Gasteiger charge is 2.17. The van der Waals surface area contributed by atoms with Crippen LogP contribution in [-0.2, 0) is 14.8 Å². The molecule has 0 aliphatic rings. The van der Waals surface area contributed by atoms with Gasteiger partial charge < -0.3 is 10.1 Å². The van der Waals surface area contributed by atoms with Gasteiger partial charge in [0.25, 0.3) is 15.9 Å². The van der Waals surface area contributed by atoms with E-state index in [0.717, 1.165) is 16.7 Å². The quantitative estimate of drug-likeness (QED) is 0.520. The fourth-order valence-corrected chi connectivity index (χ4v) is 4.36. The predicted molar refractivity (Wildman–Crippen MR) is 126 cm³/mol. The van der Waals surface area contributed by atoms with Crippen LogP contribution in [0, 0.1) is 20.8 Å². The van der Waals surface area contributed by atoms with Crippen molar-refractivity contribution in [3.8, 4) is 5.75 Å². The average Bonchev–Trinajstić information content (AvgIpc) is 2.75. The molecule has 0 saturated heterocycles. The topological polar surface area (TPSA) is 84.5 Å². The molecule has 7 heteroatoms. The standard InChI is InChI=1S/C25H28N2O4S/c1-17-10-11-22(14-18(17)2)27-32(29,30)23-12-13-24(19(3)15-23)31-16-25(28)26-20(4)21-8-6-5-7-9-21/h5-15,20,27H,16H2,1-4H3,(H,26,28)/t20-/m0/s1. The van der Waals surface area contributed by atoms with Gasteiger partial charge in [0.2, 0.25) is 0 Å². The Hall–Kier alpha value is -3.32. The molecule has 0 heterocycles. The SMILES string of the molecule is Cc1ccc(NS(=O)(=O)c2ccc(OCC(=O)N[C@@H](C)c3ccccc3)c(C)c2)cc1C. The summed E-state index contributed by atoms with van der Waals surface area (Å²) in [6, 6.07) is 19.5. The van der Waals surface area contributed by atoms with Gasteiger partial charge in [0.1, 0.15) is 5.75 Å². The third-order valence-corrected chi connectivity index (χ3v) is 6.63. The first-order valence-corrected chi connectivity index (χ1v) is 11.8. The summed E-state index contributed by atoms with van der Waals surface area (Å²) in [4.78, 5) is 12.4.